The first-order chi connectivity index (χ1) is 9.24. The number of rotatable bonds is 5. The predicted octanol–water partition coefficient (Wildman–Crippen LogP) is 2.49. The second-order valence-electron chi connectivity index (χ2n) is 4.52. The Hall–Kier alpha value is -1.11. The third-order valence-electron chi connectivity index (χ3n) is 2.98. The standard InChI is InChI=1S/C12H13ClN4OS/c13-9-3-1-8(2-4-9)11(18)7-19-12-14-15-16-17(12)10-5-6-10/h1-4,10-11,18H,5-7H2. The van der Waals surface area contributed by atoms with Crippen molar-refractivity contribution in [2.24, 2.45) is 0 Å². The van der Waals surface area contributed by atoms with Gasteiger partial charge in [0.1, 0.15) is 0 Å². The van der Waals surface area contributed by atoms with Gasteiger partial charge >= 0.3 is 0 Å². The Kier molecular flexibility index (Phi) is 3.72. The van der Waals surface area contributed by atoms with Gasteiger partial charge in [-0.25, -0.2) is 4.68 Å². The molecule has 1 fully saturated rings. The maximum absolute atomic E-state index is 10.1. The van der Waals surface area contributed by atoms with Crippen LogP contribution in [-0.2, 0) is 0 Å². The van der Waals surface area contributed by atoms with Gasteiger partial charge < -0.3 is 5.11 Å². The molecule has 100 valence electrons. The quantitative estimate of drug-likeness (QED) is 0.859. The third-order valence-corrected chi connectivity index (χ3v) is 4.24. The van der Waals surface area contributed by atoms with Crippen LogP contribution in [0.5, 0.6) is 0 Å². The molecule has 3 rings (SSSR count). The monoisotopic (exact) mass is 296 g/mol. The highest BCUT2D eigenvalue weighted by molar-refractivity contribution is 7.99. The molecule has 0 radical (unpaired) electrons. The van der Waals surface area contributed by atoms with Gasteiger partial charge in [-0.05, 0) is 41.0 Å². The molecule has 0 amide bonds. The lowest BCUT2D eigenvalue weighted by molar-refractivity contribution is 0.204. The number of hydrogen-bond acceptors (Lipinski definition) is 5. The first-order valence-corrected chi connectivity index (χ1v) is 7.44. The molecule has 1 aliphatic rings. The van der Waals surface area contributed by atoms with Crippen LogP contribution >= 0.6 is 23.4 Å². The van der Waals surface area contributed by atoms with E-state index in [1.807, 2.05) is 16.8 Å². The molecule has 1 aliphatic carbocycles. The van der Waals surface area contributed by atoms with Crippen LogP contribution in [0.4, 0.5) is 0 Å². The summed E-state index contributed by atoms with van der Waals surface area (Å²) in [4.78, 5) is 0. The van der Waals surface area contributed by atoms with Gasteiger partial charge in [0.2, 0.25) is 5.16 Å². The van der Waals surface area contributed by atoms with Gasteiger partial charge in [0, 0.05) is 10.8 Å². The fraction of sp³-hybridized carbons (Fsp3) is 0.417. The van der Waals surface area contributed by atoms with Crippen LogP contribution in [0.2, 0.25) is 5.02 Å². The van der Waals surface area contributed by atoms with Crippen molar-refractivity contribution in [2.45, 2.75) is 30.1 Å². The van der Waals surface area contributed by atoms with Crippen molar-refractivity contribution in [3.8, 4) is 0 Å². The molecule has 1 heterocycles. The highest BCUT2D eigenvalue weighted by atomic mass is 35.5. The van der Waals surface area contributed by atoms with Crippen LogP contribution < -0.4 is 0 Å². The topological polar surface area (TPSA) is 63.8 Å². The Labute approximate surface area is 120 Å². The number of aliphatic hydroxyl groups is 1. The minimum absolute atomic E-state index is 0.449. The lowest BCUT2D eigenvalue weighted by Gasteiger charge is -2.10. The Morgan fingerprint density at radius 2 is 2.11 bits per heavy atom. The van der Waals surface area contributed by atoms with E-state index in [0.717, 1.165) is 23.6 Å². The van der Waals surface area contributed by atoms with Crippen LogP contribution in [0.3, 0.4) is 0 Å². The van der Waals surface area contributed by atoms with Crippen molar-refractivity contribution in [2.75, 3.05) is 5.75 Å². The zero-order valence-corrected chi connectivity index (χ0v) is 11.7. The van der Waals surface area contributed by atoms with E-state index in [2.05, 4.69) is 15.5 Å². The van der Waals surface area contributed by atoms with Crippen molar-refractivity contribution in [1.29, 1.82) is 0 Å². The van der Waals surface area contributed by atoms with Crippen molar-refractivity contribution in [3.05, 3.63) is 34.9 Å². The van der Waals surface area contributed by atoms with Gasteiger partial charge in [-0.1, -0.05) is 35.5 Å². The van der Waals surface area contributed by atoms with E-state index in [4.69, 9.17) is 11.6 Å². The van der Waals surface area contributed by atoms with Crippen LogP contribution in [0.15, 0.2) is 29.4 Å². The lowest BCUT2D eigenvalue weighted by atomic mass is 10.1. The highest BCUT2D eigenvalue weighted by Gasteiger charge is 2.28. The summed E-state index contributed by atoms with van der Waals surface area (Å²) in [5.41, 5.74) is 0.849. The molecule has 1 aromatic carbocycles. The van der Waals surface area contributed by atoms with Gasteiger partial charge in [0.25, 0.3) is 0 Å². The molecule has 2 aromatic rings. The van der Waals surface area contributed by atoms with Gasteiger partial charge in [-0.15, -0.1) is 5.10 Å². The van der Waals surface area contributed by atoms with Crippen LogP contribution in [0.25, 0.3) is 0 Å². The van der Waals surface area contributed by atoms with E-state index in [1.165, 1.54) is 11.8 Å². The Morgan fingerprint density at radius 1 is 1.37 bits per heavy atom. The minimum Gasteiger partial charge on any atom is -0.388 e. The molecule has 1 atom stereocenters. The van der Waals surface area contributed by atoms with Gasteiger partial charge in [0.05, 0.1) is 12.1 Å². The van der Waals surface area contributed by atoms with Gasteiger partial charge in [-0.2, -0.15) is 0 Å². The number of aliphatic hydroxyl groups excluding tert-OH is 1. The predicted molar refractivity (Wildman–Crippen MR) is 73.2 cm³/mol. The number of tetrazole rings is 1. The van der Waals surface area contributed by atoms with Crippen LogP contribution in [0.1, 0.15) is 30.6 Å². The molecule has 1 aromatic heterocycles. The fourth-order valence-electron chi connectivity index (χ4n) is 1.76. The van der Waals surface area contributed by atoms with E-state index in [9.17, 15) is 5.11 Å². The van der Waals surface area contributed by atoms with E-state index in [1.54, 1.807) is 12.1 Å². The molecule has 0 aliphatic heterocycles. The van der Waals surface area contributed by atoms with Gasteiger partial charge in [0.15, 0.2) is 0 Å². The maximum atomic E-state index is 10.1. The molecule has 1 saturated carbocycles. The summed E-state index contributed by atoms with van der Waals surface area (Å²) in [5, 5.41) is 23.2. The number of thioether (sulfide) groups is 1. The van der Waals surface area contributed by atoms with Crippen LogP contribution in [-0.4, -0.2) is 31.1 Å². The van der Waals surface area contributed by atoms with Crippen molar-refractivity contribution in [1.82, 2.24) is 20.2 Å². The SMILES string of the molecule is OC(CSc1nnnn1C1CC1)c1ccc(Cl)cc1. The maximum Gasteiger partial charge on any atom is 0.209 e. The molecule has 19 heavy (non-hydrogen) atoms. The van der Waals surface area contributed by atoms with Gasteiger partial charge in [-0.3, -0.25) is 0 Å². The number of nitrogens with zero attached hydrogens (tertiary/aromatic N) is 4. The number of halogens is 1. The van der Waals surface area contributed by atoms with E-state index >= 15 is 0 Å². The van der Waals surface area contributed by atoms with E-state index in [-0.39, 0.29) is 0 Å². The second kappa shape index (κ2) is 5.48. The smallest absolute Gasteiger partial charge is 0.209 e. The van der Waals surface area contributed by atoms with Crippen LogP contribution in [0, 0.1) is 0 Å². The van der Waals surface area contributed by atoms with E-state index in [0.29, 0.717) is 16.8 Å². The molecule has 1 unspecified atom stereocenters. The van der Waals surface area contributed by atoms with Crippen molar-refractivity contribution >= 4 is 23.4 Å². The summed E-state index contributed by atoms with van der Waals surface area (Å²) in [6.45, 7) is 0. The molecule has 5 nitrogen and oxygen atoms in total. The fourth-order valence-corrected chi connectivity index (χ4v) is 2.80. The molecular formula is C12H13ClN4OS. The molecule has 0 spiro atoms. The first kappa shape index (κ1) is 12.9. The normalized spacial score (nSPS) is 16.5. The lowest BCUT2D eigenvalue weighted by Crippen LogP contribution is -2.03. The summed E-state index contributed by atoms with van der Waals surface area (Å²) in [5.74, 6) is 0.523. The average Bonchev–Trinajstić information content (AvgIpc) is 3.16. The zero-order chi connectivity index (χ0) is 13.2. The van der Waals surface area contributed by atoms with Crippen molar-refractivity contribution < 1.29 is 5.11 Å². The summed E-state index contributed by atoms with van der Waals surface area (Å²) in [7, 11) is 0. The Balaban J connectivity index is 1.62. The largest absolute Gasteiger partial charge is 0.388 e. The molecule has 0 bridgehead atoms. The number of aromatic nitrogens is 4. The molecule has 7 heteroatoms. The average molecular weight is 297 g/mol. The molecule has 1 N–H and O–H groups in total. The van der Waals surface area contributed by atoms with E-state index < -0.39 is 6.10 Å². The molecule has 0 saturated heterocycles. The minimum atomic E-state index is -0.549. The summed E-state index contributed by atoms with van der Waals surface area (Å²) in [6, 6.07) is 7.66. The second-order valence-corrected chi connectivity index (χ2v) is 5.94. The zero-order valence-electron chi connectivity index (χ0n) is 10.1. The Morgan fingerprint density at radius 3 is 2.79 bits per heavy atom. The summed E-state index contributed by atoms with van der Waals surface area (Å²) >= 11 is 7.29. The summed E-state index contributed by atoms with van der Waals surface area (Å²) in [6.07, 6.45) is 1.73. The summed E-state index contributed by atoms with van der Waals surface area (Å²) < 4.78 is 1.85. The first-order valence-electron chi connectivity index (χ1n) is 6.08. The van der Waals surface area contributed by atoms with Crippen molar-refractivity contribution in [3.63, 3.8) is 0 Å². The number of hydrogen-bond donors (Lipinski definition) is 1. The highest BCUT2D eigenvalue weighted by Crippen LogP contribution is 2.36. The molecular weight excluding hydrogens is 284 g/mol. The third kappa shape index (κ3) is 3.08. The number of benzene rings is 1. The Bertz CT molecular complexity index is 555.